The molecule has 1 heterocycles. The molecule has 9 nitrogen and oxygen atoms in total. The summed E-state index contributed by atoms with van der Waals surface area (Å²) in [6.45, 7) is 0. The Balaban J connectivity index is 2.07. The molecule has 0 saturated carbocycles. The van der Waals surface area contributed by atoms with Crippen molar-refractivity contribution in [1.82, 2.24) is 14.9 Å². The number of methoxy groups -OCH3 is 5. The second kappa shape index (κ2) is 9.31. The van der Waals surface area contributed by atoms with Gasteiger partial charge in [0.2, 0.25) is 4.77 Å². The van der Waals surface area contributed by atoms with Gasteiger partial charge in [0, 0.05) is 17.7 Å². The molecule has 2 aromatic carbocycles. The largest absolute Gasteiger partial charge is 0.496 e. The zero-order valence-corrected chi connectivity index (χ0v) is 18.1. The van der Waals surface area contributed by atoms with E-state index in [4.69, 9.17) is 35.9 Å². The molecule has 0 spiro atoms. The average Bonchev–Trinajstić information content (AvgIpc) is 3.16. The summed E-state index contributed by atoms with van der Waals surface area (Å²) in [5, 5.41) is 11.6. The van der Waals surface area contributed by atoms with Crippen molar-refractivity contribution in [1.29, 1.82) is 0 Å². The molecule has 0 bridgehead atoms. The molecule has 3 aromatic rings. The maximum Gasteiger partial charge on any atom is 0.216 e. The number of H-pyrrole nitrogens is 1. The normalized spacial score (nSPS) is 10.8. The van der Waals surface area contributed by atoms with Gasteiger partial charge in [0.1, 0.15) is 17.2 Å². The van der Waals surface area contributed by atoms with Crippen molar-refractivity contribution < 1.29 is 23.7 Å². The zero-order valence-electron chi connectivity index (χ0n) is 17.3. The number of ether oxygens (including phenoxy) is 5. The molecule has 0 saturated heterocycles. The molecule has 3 rings (SSSR count). The van der Waals surface area contributed by atoms with E-state index in [-0.39, 0.29) is 0 Å². The highest BCUT2D eigenvalue weighted by Gasteiger charge is 2.14. The van der Waals surface area contributed by atoms with Gasteiger partial charge in [-0.2, -0.15) is 14.9 Å². The second-order valence-corrected chi connectivity index (χ2v) is 6.31. The zero-order chi connectivity index (χ0) is 21.7. The Morgan fingerprint density at radius 1 is 0.867 bits per heavy atom. The van der Waals surface area contributed by atoms with E-state index in [1.54, 1.807) is 66.0 Å². The summed E-state index contributed by atoms with van der Waals surface area (Å²) in [6, 6.07) is 8.91. The van der Waals surface area contributed by atoms with Crippen LogP contribution in [0.2, 0.25) is 0 Å². The molecule has 0 atom stereocenters. The molecule has 0 fully saturated rings. The quantitative estimate of drug-likeness (QED) is 0.432. The number of nitrogens with one attached hydrogen (secondary N) is 1. The van der Waals surface area contributed by atoms with Gasteiger partial charge in [0.25, 0.3) is 0 Å². The van der Waals surface area contributed by atoms with Gasteiger partial charge in [-0.1, -0.05) is 0 Å². The van der Waals surface area contributed by atoms with E-state index >= 15 is 0 Å². The van der Waals surface area contributed by atoms with Gasteiger partial charge in [-0.05, 0) is 30.4 Å². The third kappa shape index (κ3) is 4.08. The van der Waals surface area contributed by atoms with Crippen LogP contribution in [0.25, 0.3) is 11.4 Å². The maximum absolute atomic E-state index is 5.46. The van der Waals surface area contributed by atoms with Gasteiger partial charge < -0.3 is 23.7 Å². The van der Waals surface area contributed by atoms with Crippen LogP contribution in [-0.2, 0) is 0 Å². The lowest BCUT2D eigenvalue weighted by atomic mass is 10.2. The predicted molar refractivity (Wildman–Crippen MR) is 115 cm³/mol. The van der Waals surface area contributed by atoms with Crippen molar-refractivity contribution in [2.24, 2.45) is 5.10 Å². The van der Waals surface area contributed by atoms with Crippen molar-refractivity contribution in [3.63, 3.8) is 0 Å². The lowest BCUT2D eigenvalue weighted by Crippen LogP contribution is -2.00. The summed E-state index contributed by atoms with van der Waals surface area (Å²) >= 11 is 5.35. The van der Waals surface area contributed by atoms with E-state index in [1.165, 1.54) is 4.68 Å². The van der Waals surface area contributed by atoms with Crippen molar-refractivity contribution in [3.05, 3.63) is 40.7 Å². The summed E-state index contributed by atoms with van der Waals surface area (Å²) in [7, 11) is 7.84. The number of rotatable bonds is 8. The van der Waals surface area contributed by atoms with Gasteiger partial charge in [-0.25, -0.2) is 5.10 Å². The Hall–Kier alpha value is -3.53. The maximum atomic E-state index is 5.46. The Morgan fingerprint density at radius 3 is 2.07 bits per heavy atom. The van der Waals surface area contributed by atoms with Gasteiger partial charge in [0.05, 0.1) is 47.3 Å². The van der Waals surface area contributed by atoms with E-state index in [2.05, 4.69) is 15.3 Å². The van der Waals surface area contributed by atoms with Crippen LogP contribution in [0.4, 0.5) is 0 Å². The highest BCUT2D eigenvalue weighted by molar-refractivity contribution is 7.71. The van der Waals surface area contributed by atoms with Crippen LogP contribution in [0, 0.1) is 4.77 Å². The third-order valence-corrected chi connectivity index (χ3v) is 4.61. The molecule has 30 heavy (non-hydrogen) atoms. The van der Waals surface area contributed by atoms with E-state index < -0.39 is 0 Å². The lowest BCUT2D eigenvalue weighted by molar-refractivity contribution is 0.355. The van der Waals surface area contributed by atoms with Crippen molar-refractivity contribution >= 4 is 18.4 Å². The van der Waals surface area contributed by atoms with Crippen LogP contribution in [0.5, 0.6) is 28.7 Å². The van der Waals surface area contributed by atoms with E-state index in [1.807, 2.05) is 6.07 Å². The van der Waals surface area contributed by atoms with Crippen LogP contribution in [0.15, 0.2) is 35.4 Å². The number of aromatic nitrogens is 3. The van der Waals surface area contributed by atoms with E-state index in [0.29, 0.717) is 44.9 Å². The molecule has 0 unspecified atom stereocenters. The van der Waals surface area contributed by atoms with Gasteiger partial charge in [-0.15, -0.1) is 0 Å². The fraction of sp³-hybridized carbons (Fsp3) is 0.250. The average molecular weight is 430 g/mol. The lowest BCUT2D eigenvalue weighted by Gasteiger charge is -2.12. The van der Waals surface area contributed by atoms with Crippen molar-refractivity contribution in [2.45, 2.75) is 0 Å². The smallest absolute Gasteiger partial charge is 0.216 e. The van der Waals surface area contributed by atoms with Crippen molar-refractivity contribution in [3.8, 4) is 40.1 Å². The molecule has 1 aromatic heterocycles. The molecule has 0 aliphatic carbocycles. The van der Waals surface area contributed by atoms with E-state index in [0.717, 1.165) is 5.56 Å². The molecular weight excluding hydrogens is 408 g/mol. The van der Waals surface area contributed by atoms with Gasteiger partial charge in [-0.3, -0.25) is 0 Å². The minimum atomic E-state index is 0.322. The highest BCUT2D eigenvalue weighted by atomic mass is 32.1. The fourth-order valence-electron chi connectivity index (χ4n) is 2.84. The Kier molecular flexibility index (Phi) is 6.58. The molecule has 0 amide bonds. The standard InChI is InChI=1S/C20H22N4O5S/c1-25-13-9-16(27-3)14(17(10-13)28-4)11-21-24-19(22-23-20(24)30)12-6-7-15(26-2)18(8-12)29-5/h6-11H,1-5H3,(H,23,30)/b21-11-. The molecule has 10 heteroatoms. The number of benzene rings is 2. The Labute approximate surface area is 178 Å². The Morgan fingerprint density at radius 2 is 1.50 bits per heavy atom. The van der Waals surface area contributed by atoms with Gasteiger partial charge in [0.15, 0.2) is 17.3 Å². The summed E-state index contributed by atoms with van der Waals surface area (Å²) in [4.78, 5) is 0. The Bertz CT molecular complexity index is 1100. The van der Waals surface area contributed by atoms with Crippen LogP contribution >= 0.6 is 12.2 Å². The van der Waals surface area contributed by atoms with Crippen LogP contribution in [0.3, 0.4) is 0 Å². The molecule has 0 aliphatic heterocycles. The van der Waals surface area contributed by atoms with Crippen LogP contribution in [-0.4, -0.2) is 56.6 Å². The SMILES string of the molecule is COc1cc(OC)c(/C=N\n2c(-c3ccc(OC)c(OC)c3)n[nH]c2=S)c(OC)c1. The summed E-state index contributed by atoms with van der Waals surface area (Å²) in [6.07, 6.45) is 1.59. The number of hydrogen-bond acceptors (Lipinski definition) is 8. The summed E-state index contributed by atoms with van der Waals surface area (Å²) in [5.41, 5.74) is 1.37. The molecule has 0 aliphatic rings. The minimum absolute atomic E-state index is 0.322. The summed E-state index contributed by atoms with van der Waals surface area (Å²) in [5.74, 6) is 3.36. The topological polar surface area (TPSA) is 92.1 Å². The van der Waals surface area contributed by atoms with Crippen molar-refractivity contribution in [2.75, 3.05) is 35.5 Å². The second-order valence-electron chi connectivity index (χ2n) is 5.92. The monoisotopic (exact) mass is 430 g/mol. The van der Waals surface area contributed by atoms with Crippen LogP contribution < -0.4 is 23.7 Å². The number of hydrogen-bond donors (Lipinski definition) is 1. The van der Waals surface area contributed by atoms with Crippen LogP contribution in [0.1, 0.15) is 5.56 Å². The first-order valence-corrected chi connectivity index (χ1v) is 9.21. The predicted octanol–water partition coefficient (Wildman–Crippen LogP) is 3.53. The number of aromatic amines is 1. The first kappa shape index (κ1) is 21.2. The minimum Gasteiger partial charge on any atom is -0.496 e. The first-order valence-electron chi connectivity index (χ1n) is 8.80. The molecule has 1 N–H and O–H groups in total. The first-order chi connectivity index (χ1) is 14.6. The van der Waals surface area contributed by atoms with Gasteiger partial charge >= 0.3 is 0 Å². The molecule has 0 radical (unpaired) electrons. The molecular formula is C20H22N4O5S. The molecule has 158 valence electrons. The number of nitrogens with zero attached hydrogens (tertiary/aromatic N) is 3. The third-order valence-electron chi connectivity index (χ3n) is 4.35. The summed E-state index contributed by atoms with van der Waals surface area (Å²) < 4.78 is 28.7. The fourth-order valence-corrected chi connectivity index (χ4v) is 3.02. The highest BCUT2D eigenvalue weighted by Crippen LogP contribution is 2.34. The van der Waals surface area contributed by atoms with E-state index in [9.17, 15) is 0 Å².